The minimum atomic E-state index is -0.113. The maximum atomic E-state index is 10.8. The summed E-state index contributed by atoms with van der Waals surface area (Å²) < 4.78 is 5.50. The number of amides is 1. The summed E-state index contributed by atoms with van der Waals surface area (Å²) in [5.41, 5.74) is 5.13. The predicted molar refractivity (Wildman–Crippen MR) is 45.6 cm³/mol. The summed E-state index contributed by atoms with van der Waals surface area (Å²) in [7, 11) is 0. The van der Waals surface area contributed by atoms with Gasteiger partial charge >= 0.3 is 0 Å². The van der Waals surface area contributed by atoms with Gasteiger partial charge in [0, 0.05) is 6.54 Å². The standard InChI is InChI=1S/C8H16N2O2/c1-6-2-3-7(12-6)5-10-8(11)4-9/h6-7H,2-5,9H2,1H3,(H,10,11). The molecular weight excluding hydrogens is 156 g/mol. The smallest absolute Gasteiger partial charge is 0.233 e. The van der Waals surface area contributed by atoms with Crippen LogP contribution in [0.4, 0.5) is 0 Å². The molecule has 0 saturated carbocycles. The number of hydrogen-bond acceptors (Lipinski definition) is 3. The van der Waals surface area contributed by atoms with Gasteiger partial charge in [-0.25, -0.2) is 0 Å². The first-order valence-electron chi connectivity index (χ1n) is 4.34. The van der Waals surface area contributed by atoms with Gasteiger partial charge in [0.1, 0.15) is 0 Å². The second-order valence-corrected chi connectivity index (χ2v) is 3.15. The van der Waals surface area contributed by atoms with Crippen molar-refractivity contribution in [3.63, 3.8) is 0 Å². The lowest BCUT2D eigenvalue weighted by Crippen LogP contribution is -2.36. The van der Waals surface area contributed by atoms with Crippen LogP contribution in [0, 0.1) is 0 Å². The second kappa shape index (κ2) is 4.42. The molecule has 0 aromatic carbocycles. The van der Waals surface area contributed by atoms with Gasteiger partial charge in [0.2, 0.25) is 5.91 Å². The van der Waals surface area contributed by atoms with Crippen LogP contribution in [0.25, 0.3) is 0 Å². The van der Waals surface area contributed by atoms with Crippen LogP contribution in [0.3, 0.4) is 0 Å². The van der Waals surface area contributed by atoms with Crippen LogP contribution in [0.1, 0.15) is 19.8 Å². The van der Waals surface area contributed by atoms with E-state index in [-0.39, 0.29) is 18.6 Å². The number of nitrogens with two attached hydrogens (primary N) is 1. The first kappa shape index (κ1) is 9.48. The van der Waals surface area contributed by atoms with Crippen molar-refractivity contribution in [2.75, 3.05) is 13.1 Å². The van der Waals surface area contributed by atoms with Crippen molar-refractivity contribution in [2.24, 2.45) is 5.73 Å². The topological polar surface area (TPSA) is 64.4 Å². The predicted octanol–water partition coefficient (Wildman–Crippen LogP) is -0.371. The van der Waals surface area contributed by atoms with E-state index >= 15 is 0 Å². The van der Waals surface area contributed by atoms with E-state index in [1.165, 1.54) is 0 Å². The number of rotatable bonds is 3. The third-order valence-electron chi connectivity index (χ3n) is 2.03. The SMILES string of the molecule is CC1CCC(CNC(=O)CN)O1. The fourth-order valence-electron chi connectivity index (χ4n) is 1.34. The van der Waals surface area contributed by atoms with Gasteiger partial charge in [-0.3, -0.25) is 4.79 Å². The zero-order chi connectivity index (χ0) is 8.97. The van der Waals surface area contributed by atoms with Gasteiger partial charge < -0.3 is 15.8 Å². The maximum absolute atomic E-state index is 10.8. The molecule has 2 atom stereocenters. The quantitative estimate of drug-likeness (QED) is 0.610. The summed E-state index contributed by atoms with van der Waals surface area (Å²) in [6, 6.07) is 0. The lowest BCUT2D eigenvalue weighted by molar-refractivity contribution is -0.120. The van der Waals surface area contributed by atoms with Gasteiger partial charge in [-0.15, -0.1) is 0 Å². The fraction of sp³-hybridized carbons (Fsp3) is 0.875. The lowest BCUT2D eigenvalue weighted by Gasteiger charge is -2.11. The minimum absolute atomic E-state index is 0.0578. The molecule has 0 bridgehead atoms. The Morgan fingerprint density at radius 2 is 2.42 bits per heavy atom. The van der Waals surface area contributed by atoms with Crippen LogP contribution >= 0.6 is 0 Å². The number of hydrogen-bond donors (Lipinski definition) is 2. The van der Waals surface area contributed by atoms with Crippen molar-refractivity contribution in [3.05, 3.63) is 0 Å². The minimum Gasteiger partial charge on any atom is -0.373 e. The maximum Gasteiger partial charge on any atom is 0.233 e. The Bertz CT molecular complexity index is 161. The molecule has 1 heterocycles. The number of ether oxygens (including phenoxy) is 1. The van der Waals surface area contributed by atoms with Crippen molar-refractivity contribution in [1.29, 1.82) is 0 Å². The van der Waals surface area contributed by atoms with Crippen LogP contribution in [-0.2, 0) is 9.53 Å². The van der Waals surface area contributed by atoms with Gasteiger partial charge in [0.25, 0.3) is 0 Å². The molecule has 4 nitrogen and oxygen atoms in total. The van der Waals surface area contributed by atoms with Crippen molar-refractivity contribution in [1.82, 2.24) is 5.32 Å². The van der Waals surface area contributed by atoms with Crippen molar-refractivity contribution >= 4 is 5.91 Å². The number of carbonyl (C=O) groups is 1. The summed E-state index contributed by atoms with van der Waals surface area (Å²) in [4.78, 5) is 10.8. The molecule has 1 aliphatic heterocycles. The highest BCUT2D eigenvalue weighted by molar-refractivity contribution is 5.77. The molecule has 1 fully saturated rings. The van der Waals surface area contributed by atoms with E-state index in [4.69, 9.17) is 10.5 Å². The van der Waals surface area contributed by atoms with Crippen LogP contribution < -0.4 is 11.1 Å². The van der Waals surface area contributed by atoms with Crippen molar-refractivity contribution < 1.29 is 9.53 Å². The zero-order valence-electron chi connectivity index (χ0n) is 7.38. The van der Waals surface area contributed by atoms with Crippen LogP contribution in [0.5, 0.6) is 0 Å². The normalized spacial score (nSPS) is 28.8. The fourth-order valence-corrected chi connectivity index (χ4v) is 1.34. The van der Waals surface area contributed by atoms with Crippen LogP contribution in [0.2, 0.25) is 0 Å². The molecule has 0 spiro atoms. The van der Waals surface area contributed by atoms with E-state index in [2.05, 4.69) is 5.32 Å². The summed E-state index contributed by atoms with van der Waals surface area (Å²) in [6.45, 7) is 2.70. The Morgan fingerprint density at radius 1 is 1.67 bits per heavy atom. The summed E-state index contributed by atoms with van der Waals surface area (Å²) in [5.74, 6) is -0.113. The molecule has 0 aliphatic carbocycles. The van der Waals surface area contributed by atoms with Crippen molar-refractivity contribution in [2.45, 2.75) is 32.0 Å². The molecular formula is C8H16N2O2. The summed E-state index contributed by atoms with van der Waals surface area (Å²) >= 11 is 0. The molecule has 1 amide bonds. The Morgan fingerprint density at radius 3 is 2.92 bits per heavy atom. The summed E-state index contributed by atoms with van der Waals surface area (Å²) in [6.07, 6.45) is 2.65. The highest BCUT2D eigenvalue weighted by Gasteiger charge is 2.21. The second-order valence-electron chi connectivity index (χ2n) is 3.15. The number of carbonyl (C=O) groups excluding carboxylic acids is 1. The van der Waals surface area contributed by atoms with Crippen LogP contribution in [0.15, 0.2) is 0 Å². The molecule has 3 N–H and O–H groups in total. The Labute approximate surface area is 72.5 Å². The Balaban J connectivity index is 2.11. The van der Waals surface area contributed by atoms with E-state index < -0.39 is 0 Å². The Hall–Kier alpha value is -0.610. The average molecular weight is 172 g/mol. The molecule has 1 aliphatic rings. The Kier molecular flexibility index (Phi) is 3.49. The molecule has 0 aromatic heterocycles. The molecule has 0 aromatic rings. The van der Waals surface area contributed by atoms with Gasteiger partial charge in [-0.1, -0.05) is 0 Å². The third kappa shape index (κ3) is 2.79. The monoisotopic (exact) mass is 172 g/mol. The molecule has 4 heteroatoms. The van der Waals surface area contributed by atoms with E-state index in [0.717, 1.165) is 12.8 Å². The largest absolute Gasteiger partial charge is 0.373 e. The van der Waals surface area contributed by atoms with E-state index in [1.54, 1.807) is 0 Å². The van der Waals surface area contributed by atoms with E-state index in [1.807, 2.05) is 6.92 Å². The molecule has 1 rings (SSSR count). The van der Waals surface area contributed by atoms with Gasteiger partial charge in [0.05, 0.1) is 18.8 Å². The molecule has 0 radical (unpaired) electrons. The third-order valence-corrected chi connectivity index (χ3v) is 2.03. The lowest BCUT2D eigenvalue weighted by atomic mass is 10.2. The zero-order valence-corrected chi connectivity index (χ0v) is 7.38. The van der Waals surface area contributed by atoms with Crippen molar-refractivity contribution in [3.8, 4) is 0 Å². The highest BCUT2D eigenvalue weighted by Crippen LogP contribution is 2.17. The van der Waals surface area contributed by atoms with E-state index in [9.17, 15) is 4.79 Å². The van der Waals surface area contributed by atoms with Gasteiger partial charge in [-0.05, 0) is 19.8 Å². The average Bonchev–Trinajstić information content (AvgIpc) is 2.47. The first-order chi connectivity index (χ1) is 5.72. The number of nitrogens with one attached hydrogen (secondary N) is 1. The van der Waals surface area contributed by atoms with Crippen LogP contribution in [-0.4, -0.2) is 31.2 Å². The van der Waals surface area contributed by atoms with E-state index in [0.29, 0.717) is 12.6 Å². The van der Waals surface area contributed by atoms with Gasteiger partial charge in [0.15, 0.2) is 0 Å². The van der Waals surface area contributed by atoms with Gasteiger partial charge in [-0.2, -0.15) is 0 Å². The molecule has 70 valence electrons. The molecule has 2 unspecified atom stereocenters. The molecule has 1 saturated heterocycles. The highest BCUT2D eigenvalue weighted by atomic mass is 16.5. The first-order valence-corrected chi connectivity index (χ1v) is 4.34. The molecule has 12 heavy (non-hydrogen) atoms. The summed E-state index contributed by atoms with van der Waals surface area (Å²) in [5, 5.41) is 2.71.